The Labute approximate surface area is 211 Å². The van der Waals surface area contributed by atoms with Crippen molar-refractivity contribution in [1.29, 1.82) is 0 Å². The van der Waals surface area contributed by atoms with Gasteiger partial charge in [0, 0.05) is 55.3 Å². The lowest BCUT2D eigenvalue weighted by atomic mass is 9.82. The second-order valence-electron chi connectivity index (χ2n) is 8.48. The van der Waals surface area contributed by atoms with E-state index in [1.165, 1.54) is 28.4 Å². The number of H-pyrrole nitrogens is 1. The average molecular weight is 505 g/mol. The monoisotopic (exact) mass is 504 g/mol. The summed E-state index contributed by atoms with van der Waals surface area (Å²) in [5.74, 6) is -2.76. The molecule has 11 nitrogen and oxygen atoms in total. The van der Waals surface area contributed by atoms with E-state index in [1.54, 1.807) is 7.11 Å². The Kier molecular flexibility index (Phi) is 11.7. The normalized spacial score (nSPS) is 14.6. The zero-order valence-corrected chi connectivity index (χ0v) is 21.7. The van der Waals surface area contributed by atoms with Crippen molar-refractivity contribution in [3.8, 4) is 0 Å². The van der Waals surface area contributed by atoms with Gasteiger partial charge in [-0.05, 0) is 43.3 Å². The van der Waals surface area contributed by atoms with Crippen molar-refractivity contribution < 1.29 is 33.3 Å². The molecule has 0 bridgehead atoms. The van der Waals surface area contributed by atoms with Gasteiger partial charge in [0.1, 0.15) is 0 Å². The van der Waals surface area contributed by atoms with E-state index in [9.17, 15) is 9.59 Å². The van der Waals surface area contributed by atoms with Gasteiger partial charge in [0.2, 0.25) is 0 Å². The van der Waals surface area contributed by atoms with Crippen LogP contribution in [-0.2, 0) is 39.7 Å². The van der Waals surface area contributed by atoms with Crippen LogP contribution in [0.4, 0.5) is 0 Å². The number of aromatic nitrogens is 1. The molecule has 1 heterocycles. The lowest BCUT2D eigenvalue weighted by Gasteiger charge is -2.32. The molecule has 0 aliphatic rings. The number of esters is 2. The molecule has 2 aromatic rings. The second-order valence-corrected chi connectivity index (χ2v) is 8.48. The number of fused-ring (bicyclic) bond motifs is 1. The van der Waals surface area contributed by atoms with Crippen LogP contribution in [0.15, 0.2) is 29.4 Å². The molecule has 0 aliphatic heterocycles. The van der Waals surface area contributed by atoms with E-state index >= 15 is 0 Å². The van der Waals surface area contributed by atoms with Crippen molar-refractivity contribution in [3.05, 3.63) is 46.0 Å². The van der Waals surface area contributed by atoms with Crippen LogP contribution in [0, 0.1) is 11.8 Å². The summed E-state index contributed by atoms with van der Waals surface area (Å²) in [5.41, 5.74) is 11.0. The van der Waals surface area contributed by atoms with E-state index in [0.717, 1.165) is 16.5 Å². The molecule has 0 fully saturated rings. The molecule has 4 unspecified atom stereocenters. The molecular weight excluding hydrogens is 468 g/mol. The topological polar surface area (TPSA) is 145 Å². The van der Waals surface area contributed by atoms with Crippen molar-refractivity contribution in [1.82, 2.24) is 4.98 Å². The van der Waals surface area contributed by atoms with Crippen LogP contribution in [-0.4, -0.2) is 71.4 Å². The van der Waals surface area contributed by atoms with Crippen LogP contribution < -0.4 is 0 Å². The van der Waals surface area contributed by atoms with Crippen molar-refractivity contribution in [2.75, 3.05) is 42.1 Å². The number of azide groups is 1. The van der Waals surface area contributed by atoms with Gasteiger partial charge in [0.25, 0.3) is 0 Å². The van der Waals surface area contributed by atoms with Crippen molar-refractivity contribution in [2.24, 2.45) is 17.0 Å². The molecule has 1 aromatic carbocycles. The minimum Gasteiger partial charge on any atom is -0.469 e. The molecule has 36 heavy (non-hydrogen) atoms. The first kappa shape index (κ1) is 29.1. The molecule has 198 valence electrons. The van der Waals surface area contributed by atoms with Crippen LogP contribution in [0.5, 0.6) is 0 Å². The fourth-order valence-electron chi connectivity index (χ4n) is 4.68. The Morgan fingerprint density at radius 1 is 1.00 bits per heavy atom. The fourth-order valence-corrected chi connectivity index (χ4v) is 4.68. The largest absolute Gasteiger partial charge is 0.469 e. The first-order valence-electron chi connectivity index (χ1n) is 11.7. The number of nitrogens with zero attached hydrogens (tertiary/aromatic N) is 3. The number of nitrogens with one attached hydrogen (secondary N) is 1. The number of hydrogen-bond acceptors (Lipinski definition) is 8. The fraction of sp³-hybridized carbons (Fsp3) is 0.600. The number of aromatic amines is 1. The Bertz CT molecular complexity index is 1050. The van der Waals surface area contributed by atoms with Crippen LogP contribution in [0.1, 0.15) is 36.9 Å². The van der Waals surface area contributed by atoms with E-state index in [2.05, 4.69) is 15.0 Å². The zero-order chi connectivity index (χ0) is 26.7. The molecular formula is C25H36N4O7. The molecule has 0 amide bonds. The van der Waals surface area contributed by atoms with Gasteiger partial charge in [-0.25, -0.2) is 0 Å². The summed E-state index contributed by atoms with van der Waals surface area (Å²) >= 11 is 0. The number of rotatable bonds is 15. The lowest BCUT2D eigenvalue weighted by molar-refractivity contribution is -0.172. The lowest BCUT2D eigenvalue weighted by Crippen LogP contribution is -2.37. The first-order chi connectivity index (χ1) is 17.4. The van der Waals surface area contributed by atoms with E-state index < -0.39 is 30.1 Å². The Morgan fingerprint density at radius 2 is 1.67 bits per heavy atom. The Balaban J connectivity index is 2.54. The number of hydrogen-bond donors (Lipinski definition) is 1. The van der Waals surface area contributed by atoms with Gasteiger partial charge < -0.3 is 28.7 Å². The predicted octanol–water partition coefficient (Wildman–Crippen LogP) is 4.12. The van der Waals surface area contributed by atoms with Gasteiger partial charge in [-0.2, -0.15) is 0 Å². The Morgan fingerprint density at radius 3 is 2.25 bits per heavy atom. The highest BCUT2D eigenvalue weighted by molar-refractivity contribution is 5.88. The van der Waals surface area contributed by atoms with Gasteiger partial charge in [0.05, 0.1) is 32.2 Å². The van der Waals surface area contributed by atoms with Gasteiger partial charge in [0.15, 0.2) is 6.29 Å². The number of carbonyl (C=O) groups is 2. The summed E-state index contributed by atoms with van der Waals surface area (Å²) in [6.45, 7) is 2.09. The minimum atomic E-state index is -0.797. The van der Waals surface area contributed by atoms with Gasteiger partial charge in [-0.3, -0.25) is 9.59 Å². The van der Waals surface area contributed by atoms with Crippen LogP contribution >= 0.6 is 0 Å². The van der Waals surface area contributed by atoms with Crippen molar-refractivity contribution in [3.63, 3.8) is 0 Å². The summed E-state index contributed by atoms with van der Waals surface area (Å²) in [6, 6.07) is 7.62. The third-order valence-electron chi connectivity index (χ3n) is 6.61. The summed E-state index contributed by atoms with van der Waals surface area (Å²) < 4.78 is 26.8. The summed E-state index contributed by atoms with van der Waals surface area (Å²) in [6.07, 6.45) is -0.107. The maximum absolute atomic E-state index is 13.1. The Hall–Kier alpha value is -3.11. The third-order valence-corrected chi connectivity index (χ3v) is 6.61. The highest BCUT2D eigenvalue weighted by Crippen LogP contribution is 2.36. The first-order valence-corrected chi connectivity index (χ1v) is 11.7. The number of ether oxygens (including phenoxy) is 5. The molecule has 0 radical (unpaired) electrons. The van der Waals surface area contributed by atoms with Gasteiger partial charge in [-0.1, -0.05) is 23.3 Å². The van der Waals surface area contributed by atoms with Gasteiger partial charge in [-0.15, -0.1) is 0 Å². The molecule has 2 rings (SSSR count). The highest BCUT2D eigenvalue weighted by atomic mass is 16.7. The molecule has 0 aliphatic carbocycles. The molecule has 0 saturated carbocycles. The van der Waals surface area contributed by atoms with E-state index in [4.69, 9.17) is 29.2 Å². The number of para-hydroxylation sites is 1. The summed E-state index contributed by atoms with van der Waals surface area (Å²) in [4.78, 5) is 32.2. The predicted molar refractivity (Wildman–Crippen MR) is 133 cm³/mol. The number of carbonyl (C=O) groups excluding carboxylic acids is 2. The molecule has 11 heteroatoms. The van der Waals surface area contributed by atoms with Crippen LogP contribution in [0.2, 0.25) is 0 Å². The van der Waals surface area contributed by atoms with Crippen molar-refractivity contribution in [2.45, 2.75) is 44.5 Å². The number of benzene rings is 1. The molecule has 4 atom stereocenters. The van der Waals surface area contributed by atoms with E-state index in [1.807, 2.05) is 31.2 Å². The average Bonchev–Trinajstić information content (AvgIpc) is 3.27. The van der Waals surface area contributed by atoms with Crippen LogP contribution in [0.3, 0.4) is 0 Å². The molecule has 1 aromatic heterocycles. The quantitative estimate of drug-likeness (QED) is 0.126. The zero-order valence-electron chi connectivity index (χ0n) is 21.7. The van der Waals surface area contributed by atoms with E-state index in [-0.39, 0.29) is 31.4 Å². The highest BCUT2D eigenvalue weighted by Gasteiger charge is 2.37. The third kappa shape index (κ3) is 6.98. The second kappa shape index (κ2) is 14.4. The van der Waals surface area contributed by atoms with Gasteiger partial charge >= 0.3 is 11.9 Å². The summed E-state index contributed by atoms with van der Waals surface area (Å²) in [5, 5.41) is 4.57. The standard InChI is InChI=1S/C25H36N4O7/c1-15(32-2)19(25(35-5)36-6)13-16(23(30)33-3)14-20(24(31)34-4)22-18(11-12-27-29-26)17-9-7-8-10-21(17)28-22/h7-10,15-16,19-20,25,28H,11-14H2,1-6H3. The minimum absolute atomic E-state index is 0.119. The number of methoxy groups -OCH3 is 5. The van der Waals surface area contributed by atoms with Crippen molar-refractivity contribution >= 4 is 22.8 Å². The maximum atomic E-state index is 13.1. The summed E-state index contributed by atoms with van der Waals surface area (Å²) in [7, 11) is 7.25. The molecule has 1 N–H and O–H groups in total. The smallest absolute Gasteiger partial charge is 0.314 e. The molecule has 0 spiro atoms. The maximum Gasteiger partial charge on any atom is 0.314 e. The SMILES string of the molecule is COC(=O)C(CC(C(=O)OC)c1[nH]c2ccccc2c1CCN=[N+]=[N-])CC(C(C)OC)C(OC)OC. The molecule has 0 saturated heterocycles. The van der Waals surface area contributed by atoms with Crippen LogP contribution in [0.25, 0.3) is 21.3 Å². The van der Waals surface area contributed by atoms with E-state index in [0.29, 0.717) is 12.1 Å².